The van der Waals surface area contributed by atoms with E-state index in [2.05, 4.69) is 5.32 Å². The van der Waals surface area contributed by atoms with Crippen LogP contribution in [0.2, 0.25) is 0 Å². The van der Waals surface area contributed by atoms with Crippen molar-refractivity contribution in [1.29, 1.82) is 0 Å². The van der Waals surface area contributed by atoms with Crippen molar-refractivity contribution in [3.63, 3.8) is 0 Å². The van der Waals surface area contributed by atoms with Crippen molar-refractivity contribution in [3.8, 4) is 5.75 Å². The molecule has 1 N–H and O–H groups in total. The Kier molecular flexibility index (Phi) is 5.31. The molecule has 0 aliphatic rings. The van der Waals surface area contributed by atoms with Gasteiger partial charge in [-0.3, -0.25) is 4.79 Å². The van der Waals surface area contributed by atoms with Crippen molar-refractivity contribution in [2.45, 2.75) is 19.4 Å². The number of ketones is 1. The zero-order valence-corrected chi connectivity index (χ0v) is 11.4. The van der Waals surface area contributed by atoms with E-state index in [1.54, 1.807) is 26.4 Å². The highest BCUT2D eigenvalue weighted by Crippen LogP contribution is 2.22. The second-order valence-corrected chi connectivity index (χ2v) is 4.57. The minimum absolute atomic E-state index is 0.0102. The van der Waals surface area contributed by atoms with E-state index in [1.807, 2.05) is 26.0 Å². The molecule has 0 unspecified atom stereocenters. The number of Topliss-reactive ketones (excluding diaryl/α,β-unsaturated/α-hetero) is 1. The molecule has 0 atom stereocenters. The van der Waals surface area contributed by atoms with Gasteiger partial charge in [-0.15, -0.1) is 0 Å². The van der Waals surface area contributed by atoms with Crippen molar-refractivity contribution >= 4 is 5.78 Å². The van der Waals surface area contributed by atoms with Gasteiger partial charge in [-0.05, 0) is 26.0 Å². The van der Waals surface area contributed by atoms with Gasteiger partial charge in [0.25, 0.3) is 0 Å². The normalized spacial score (nSPS) is 11.3. The van der Waals surface area contributed by atoms with Crippen LogP contribution >= 0.6 is 0 Å². The molecular weight excluding hydrogens is 230 g/mol. The molecule has 100 valence electrons. The van der Waals surface area contributed by atoms with E-state index in [1.165, 1.54) is 0 Å². The maximum Gasteiger partial charge on any atom is 0.185 e. The van der Waals surface area contributed by atoms with Crippen molar-refractivity contribution in [3.05, 3.63) is 29.8 Å². The molecule has 1 aromatic carbocycles. The molecule has 0 aromatic heterocycles. The van der Waals surface area contributed by atoms with Gasteiger partial charge in [0.2, 0.25) is 0 Å². The first-order chi connectivity index (χ1) is 8.53. The Morgan fingerprint density at radius 1 is 1.28 bits per heavy atom. The molecule has 0 amide bonds. The number of hydrogen-bond acceptors (Lipinski definition) is 4. The zero-order chi connectivity index (χ0) is 13.6. The molecule has 1 aromatic rings. The lowest BCUT2D eigenvalue weighted by atomic mass is 9.92. The standard InChI is InChI=1S/C14H21NO3/c1-14(2,15-9-10-17-3)13(16)11-7-5-6-8-12(11)18-4/h5-8,15H,9-10H2,1-4H3. The Morgan fingerprint density at radius 3 is 2.56 bits per heavy atom. The molecule has 18 heavy (non-hydrogen) atoms. The number of hydrogen-bond donors (Lipinski definition) is 1. The van der Waals surface area contributed by atoms with Crippen LogP contribution < -0.4 is 10.1 Å². The maximum absolute atomic E-state index is 12.5. The minimum Gasteiger partial charge on any atom is -0.496 e. The number of ether oxygens (including phenoxy) is 2. The van der Waals surface area contributed by atoms with E-state index in [4.69, 9.17) is 9.47 Å². The average molecular weight is 251 g/mol. The molecule has 0 radical (unpaired) electrons. The zero-order valence-electron chi connectivity index (χ0n) is 11.4. The molecule has 1 rings (SSSR count). The summed E-state index contributed by atoms with van der Waals surface area (Å²) in [7, 11) is 3.20. The van der Waals surface area contributed by atoms with Crippen LogP contribution in [-0.2, 0) is 4.74 Å². The van der Waals surface area contributed by atoms with E-state index in [-0.39, 0.29) is 5.78 Å². The van der Waals surface area contributed by atoms with Crippen LogP contribution in [0.25, 0.3) is 0 Å². The molecule has 0 saturated heterocycles. The lowest BCUT2D eigenvalue weighted by Crippen LogP contribution is -2.48. The second kappa shape index (κ2) is 6.52. The van der Waals surface area contributed by atoms with Gasteiger partial charge in [0.05, 0.1) is 24.8 Å². The summed E-state index contributed by atoms with van der Waals surface area (Å²) in [5, 5.41) is 3.18. The molecule has 0 bridgehead atoms. The summed E-state index contributed by atoms with van der Waals surface area (Å²) in [5.74, 6) is 0.611. The van der Waals surface area contributed by atoms with Gasteiger partial charge in [-0.1, -0.05) is 12.1 Å². The topological polar surface area (TPSA) is 47.6 Å². The molecule has 0 heterocycles. The monoisotopic (exact) mass is 251 g/mol. The number of rotatable bonds is 7. The summed E-state index contributed by atoms with van der Waals surface area (Å²) in [5.41, 5.74) is -0.0532. The highest BCUT2D eigenvalue weighted by molar-refractivity contribution is 6.04. The lowest BCUT2D eigenvalue weighted by molar-refractivity contribution is 0.0868. The van der Waals surface area contributed by atoms with Crippen LogP contribution in [0.1, 0.15) is 24.2 Å². The third-order valence-electron chi connectivity index (χ3n) is 2.79. The van der Waals surface area contributed by atoms with Gasteiger partial charge in [-0.25, -0.2) is 0 Å². The summed E-state index contributed by atoms with van der Waals surface area (Å²) in [6.07, 6.45) is 0. The quantitative estimate of drug-likeness (QED) is 0.594. The number of nitrogens with one attached hydrogen (secondary N) is 1. The van der Waals surface area contributed by atoms with E-state index < -0.39 is 5.54 Å². The van der Waals surface area contributed by atoms with E-state index >= 15 is 0 Å². The number of methoxy groups -OCH3 is 2. The van der Waals surface area contributed by atoms with Crippen molar-refractivity contribution in [2.75, 3.05) is 27.4 Å². The summed E-state index contributed by atoms with van der Waals surface area (Å²) in [4.78, 5) is 12.5. The van der Waals surface area contributed by atoms with Crippen LogP contribution in [0, 0.1) is 0 Å². The first kappa shape index (κ1) is 14.7. The third-order valence-corrected chi connectivity index (χ3v) is 2.79. The fraction of sp³-hybridized carbons (Fsp3) is 0.500. The van der Waals surface area contributed by atoms with Crippen LogP contribution in [0.3, 0.4) is 0 Å². The number of benzene rings is 1. The first-order valence-electron chi connectivity index (χ1n) is 5.94. The predicted octanol–water partition coefficient (Wildman–Crippen LogP) is 1.89. The van der Waals surface area contributed by atoms with Crippen LogP contribution in [0.15, 0.2) is 24.3 Å². The summed E-state index contributed by atoms with van der Waals surface area (Å²) in [6.45, 7) is 4.92. The van der Waals surface area contributed by atoms with Crippen LogP contribution in [0.5, 0.6) is 5.75 Å². The summed E-state index contributed by atoms with van der Waals surface area (Å²) in [6, 6.07) is 7.25. The van der Waals surface area contributed by atoms with Crippen LogP contribution in [0.4, 0.5) is 0 Å². The number of carbonyl (C=O) groups excluding carboxylic acids is 1. The van der Waals surface area contributed by atoms with Crippen LogP contribution in [-0.4, -0.2) is 38.7 Å². The smallest absolute Gasteiger partial charge is 0.185 e. The van der Waals surface area contributed by atoms with Crippen molar-refractivity contribution in [1.82, 2.24) is 5.32 Å². The van der Waals surface area contributed by atoms with Gasteiger partial charge >= 0.3 is 0 Å². The van der Waals surface area contributed by atoms with E-state index in [0.29, 0.717) is 24.5 Å². The average Bonchev–Trinajstić information content (AvgIpc) is 2.38. The highest BCUT2D eigenvalue weighted by Gasteiger charge is 2.29. The molecule has 0 fully saturated rings. The van der Waals surface area contributed by atoms with E-state index in [9.17, 15) is 4.79 Å². The molecule has 4 nitrogen and oxygen atoms in total. The maximum atomic E-state index is 12.5. The van der Waals surface area contributed by atoms with Gasteiger partial charge in [0, 0.05) is 13.7 Å². The Hall–Kier alpha value is -1.39. The third kappa shape index (κ3) is 3.55. The first-order valence-corrected chi connectivity index (χ1v) is 5.94. The molecule has 0 saturated carbocycles. The Labute approximate surface area is 108 Å². The largest absolute Gasteiger partial charge is 0.496 e. The van der Waals surface area contributed by atoms with Gasteiger partial charge in [-0.2, -0.15) is 0 Å². The summed E-state index contributed by atoms with van der Waals surface area (Å²) >= 11 is 0. The fourth-order valence-electron chi connectivity index (χ4n) is 1.71. The molecule has 4 heteroatoms. The molecule has 0 spiro atoms. The predicted molar refractivity (Wildman–Crippen MR) is 71.3 cm³/mol. The van der Waals surface area contributed by atoms with Gasteiger partial charge in [0.1, 0.15) is 5.75 Å². The Balaban J connectivity index is 2.84. The van der Waals surface area contributed by atoms with Crippen molar-refractivity contribution < 1.29 is 14.3 Å². The summed E-state index contributed by atoms with van der Waals surface area (Å²) < 4.78 is 10.2. The van der Waals surface area contributed by atoms with E-state index in [0.717, 1.165) is 0 Å². The lowest BCUT2D eigenvalue weighted by Gasteiger charge is -2.25. The van der Waals surface area contributed by atoms with Gasteiger partial charge < -0.3 is 14.8 Å². The Morgan fingerprint density at radius 2 is 1.94 bits per heavy atom. The number of carbonyl (C=O) groups is 1. The highest BCUT2D eigenvalue weighted by atomic mass is 16.5. The number of para-hydroxylation sites is 1. The minimum atomic E-state index is -0.646. The molecule has 0 aliphatic heterocycles. The second-order valence-electron chi connectivity index (χ2n) is 4.57. The molecular formula is C14H21NO3. The van der Waals surface area contributed by atoms with Gasteiger partial charge in [0.15, 0.2) is 5.78 Å². The van der Waals surface area contributed by atoms with Crippen molar-refractivity contribution in [2.24, 2.45) is 0 Å². The Bertz CT molecular complexity index is 402. The molecule has 0 aliphatic carbocycles. The SMILES string of the molecule is COCCNC(C)(C)C(=O)c1ccccc1OC. The fourth-order valence-corrected chi connectivity index (χ4v) is 1.71.